The van der Waals surface area contributed by atoms with E-state index >= 15 is 0 Å². The highest BCUT2D eigenvalue weighted by Gasteiger charge is 2.27. The van der Waals surface area contributed by atoms with Gasteiger partial charge in [0.15, 0.2) is 0 Å². The Balaban J connectivity index is 1.53. The molecule has 36 heavy (non-hydrogen) atoms. The molecule has 3 nitrogen and oxygen atoms in total. The molecule has 1 aromatic heterocycles. The number of rotatable bonds is 7. The molecule has 0 aliphatic heterocycles. The fourth-order valence-corrected chi connectivity index (χ4v) is 6.35. The van der Waals surface area contributed by atoms with Crippen LogP contribution in [0.3, 0.4) is 0 Å². The number of ether oxygens (including phenoxy) is 1. The van der Waals surface area contributed by atoms with E-state index in [1.165, 1.54) is 65.5 Å². The van der Waals surface area contributed by atoms with Crippen molar-refractivity contribution in [1.29, 1.82) is 0 Å². The average Bonchev–Trinajstić information content (AvgIpc) is 3.38. The molecule has 0 unspecified atom stereocenters. The second-order valence-corrected chi connectivity index (χ2v) is 11.3. The summed E-state index contributed by atoms with van der Waals surface area (Å²) >= 11 is 0. The Labute approximate surface area is 217 Å². The first kappa shape index (κ1) is 25.0. The van der Waals surface area contributed by atoms with Crippen molar-refractivity contribution in [2.45, 2.75) is 97.2 Å². The molecule has 2 aliphatic carbocycles. The maximum absolute atomic E-state index is 6.78. The standard InChI is InChI=1S/C33H42N2O/c1-22(2)27-18-10-12-23(3)33(27)30-20-32(36-26-15-7-8-16-26)29(24(4)34-30)21-35(5)31-19-11-14-25-13-6-9-17-28(25)31/h6,9-10,12-13,17-18,20,22,26,31H,7-8,11,14-16,19,21H2,1-5H3/t31-/m0/s1. The zero-order valence-electron chi connectivity index (χ0n) is 22.8. The summed E-state index contributed by atoms with van der Waals surface area (Å²) in [6, 6.07) is 18.3. The van der Waals surface area contributed by atoms with Crippen molar-refractivity contribution >= 4 is 0 Å². The summed E-state index contributed by atoms with van der Waals surface area (Å²) in [4.78, 5) is 7.74. The van der Waals surface area contributed by atoms with Gasteiger partial charge in [-0.25, -0.2) is 0 Å². The van der Waals surface area contributed by atoms with E-state index in [1.54, 1.807) is 0 Å². The summed E-state index contributed by atoms with van der Waals surface area (Å²) in [6.45, 7) is 9.78. The Morgan fingerprint density at radius 2 is 1.75 bits per heavy atom. The highest BCUT2D eigenvalue weighted by atomic mass is 16.5. The highest BCUT2D eigenvalue weighted by molar-refractivity contribution is 5.70. The highest BCUT2D eigenvalue weighted by Crippen LogP contribution is 2.39. The SMILES string of the molecule is Cc1cccc(C(C)C)c1-c1cc(OC2CCCC2)c(CN(C)[C@H]2CCCc3ccccc32)c(C)n1. The number of benzene rings is 2. The molecule has 3 aromatic rings. The van der Waals surface area contributed by atoms with Crippen LogP contribution in [0.4, 0.5) is 0 Å². The van der Waals surface area contributed by atoms with Crippen molar-refractivity contribution in [1.82, 2.24) is 9.88 Å². The van der Waals surface area contributed by atoms with E-state index in [1.807, 2.05) is 0 Å². The molecule has 0 amide bonds. The first-order chi connectivity index (χ1) is 17.4. The summed E-state index contributed by atoms with van der Waals surface area (Å²) in [5.41, 5.74) is 10.3. The van der Waals surface area contributed by atoms with Gasteiger partial charge in [-0.05, 0) is 94.0 Å². The molecule has 1 saturated carbocycles. The first-order valence-corrected chi connectivity index (χ1v) is 14.0. The summed E-state index contributed by atoms with van der Waals surface area (Å²) < 4.78 is 6.78. The van der Waals surface area contributed by atoms with Crippen LogP contribution in [0.5, 0.6) is 5.75 Å². The maximum atomic E-state index is 6.78. The smallest absolute Gasteiger partial charge is 0.128 e. The number of nitrogens with zero attached hydrogens (tertiary/aromatic N) is 2. The Morgan fingerprint density at radius 1 is 0.972 bits per heavy atom. The summed E-state index contributed by atoms with van der Waals surface area (Å²) in [5.74, 6) is 1.48. The maximum Gasteiger partial charge on any atom is 0.128 e. The fourth-order valence-electron chi connectivity index (χ4n) is 6.35. The van der Waals surface area contributed by atoms with E-state index < -0.39 is 0 Å². The van der Waals surface area contributed by atoms with E-state index in [0.717, 1.165) is 36.5 Å². The minimum Gasteiger partial charge on any atom is -0.490 e. The second kappa shape index (κ2) is 10.8. The van der Waals surface area contributed by atoms with Crippen LogP contribution in [-0.4, -0.2) is 23.0 Å². The van der Waals surface area contributed by atoms with E-state index in [2.05, 4.69) is 88.2 Å². The van der Waals surface area contributed by atoms with E-state index in [-0.39, 0.29) is 0 Å². The molecule has 1 atom stereocenters. The predicted octanol–water partition coefficient (Wildman–Crippen LogP) is 8.32. The molecule has 0 saturated heterocycles. The third kappa shape index (κ3) is 5.09. The van der Waals surface area contributed by atoms with Gasteiger partial charge in [-0.2, -0.15) is 0 Å². The molecule has 0 radical (unpaired) electrons. The molecular weight excluding hydrogens is 440 g/mol. The van der Waals surface area contributed by atoms with Gasteiger partial charge in [-0.3, -0.25) is 9.88 Å². The molecular formula is C33H42N2O. The van der Waals surface area contributed by atoms with Crippen LogP contribution in [-0.2, 0) is 13.0 Å². The van der Waals surface area contributed by atoms with Crippen LogP contribution < -0.4 is 4.74 Å². The lowest BCUT2D eigenvalue weighted by atomic mass is 9.87. The monoisotopic (exact) mass is 482 g/mol. The van der Waals surface area contributed by atoms with Gasteiger partial charge >= 0.3 is 0 Å². The van der Waals surface area contributed by atoms with Crippen LogP contribution in [0, 0.1) is 13.8 Å². The lowest BCUT2D eigenvalue weighted by Crippen LogP contribution is -2.28. The fraction of sp³-hybridized carbons (Fsp3) is 0.485. The molecule has 1 heterocycles. The third-order valence-corrected chi connectivity index (χ3v) is 8.35. The quantitative estimate of drug-likeness (QED) is 0.338. The minimum absolute atomic E-state index is 0.320. The van der Waals surface area contributed by atoms with Crippen molar-refractivity contribution in [3.8, 4) is 17.0 Å². The van der Waals surface area contributed by atoms with Crippen LogP contribution in [0.25, 0.3) is 11.3 Å². The molecule has 2 aliphatic rings. The normalized spacial score (nSPS) is 18.1. The van der Waals surface area contributed by atoms with Crippen LogP contribution in [0.15, 0.2) is 48.5 Å². The molecule has 0 bridgehead atoms. The van der Waals surface area contributed by atoms with Crippen molar-refractivity contribution < 1.29 is 4.74 Å². The van der Waals surface area contributed by atoms with Gasteiger partial charge < -0.3 is 4.74 Å². The van der Waals surface area contributed by atoms with Crippen LogP contribution >= 0.6 is 0 Å². The van der Waals surface area contributed by atoms with Gasteiger partial charge in [0.1, 0.15) is 5.75 Å². The zero-order valence-corrected chi connectivity index (χ0v) is 22.8. The summed E-state index contributed by atoms with van der Waals surface area (Å²) in [5, 5.41) is 0. The van der Waals surface area contributed by atoms with Crippen LogP contribution in [0.2, 0.25) is 0 Å². The molecule has 3 heteroatoms. The molecule has 5 rings (SSSR count). The summed E-state index contributed by atoms with van der Waals surface area (Å²) in [6.07, 6.45) is 8.82. The third-order valence-electron chi connectivity index (χ3n) is 8.35. The Bertz CT molecular complexity index is 1210. The van der Waals surface area contributed by atoms with Crippen molar-refractivity contribution in [3.05, 3.63) is 82.0 Å². The number of fused-ring (bicyclic) bond motifs is 1. The van der Waals surface area contributed by atoms with Gasteiger partial charge in [0.2, 0.25) is 0 Å². The Hall–Kier alpha value is -2.65. The predicted molar refractivity (Wildman–Crippen MR) is 150 cm³/mol. The van der Waals surface area contributed by atoms with Crippen molar-refractivity contribution in [2.75, 3.05) is 7.05 Å². The van der Waals surface area contributed by atoms with Gasteiger partial charge in [-0.15, -0.1) is 0 Å². The lowest BCUT2D eigenvalue weighted by molar-refractivity contribution is 0.189. The van der Waals surface area contributed by atoms with Gasteiger partial charge in [0, 0.05) is 35.5 Å². The molecule has 190 valence electrons. The van der Waals surface area contributed by atoms with Crippen LogP contribution in [0.1, 0.15) is 97.8 Å². The number of pyridine rings is 1. The van der Waals surface area contributed by atoms with Crippen molar-refractivity contribution in [3.63, 3.8) is 0 Å². The topological polar surface area (TPSA) is 25.4 Å². The zero-order chi connectivity index (χ0) is 25.2. The largest absolute Gasteiger partial charge is 0.490 e. The molecule has 1 fully saturated rings. The number of hydrogen-bond donors (Lipinski definition) is 0. The Morgan fingerprint density at radius 3 is 2.53 bits per heavy atom. The summed E-state index contributed by atoms with van der Waals surface area (Å²) in [7, 11) is 2.28. The van der Waals surface area contributed by atoms with E-state index in [4.69, 9.17) is 9.72 Å². The first-order valence-electron chi connectivity index (χ1n) is 14.0. The van der Waals surface area contributed by atoms with Gasteiger partial charge in [0.05, 0.1) is 11.8 Å². The number of aromatic nitrogens is 1. The number of aryl methyl sites for hydroxylation is 3. The van der Waals surface area contributed by atoms with Gasteiger partial charge in [-0.1, -0.05) is 56.3 Å². The van der Waals surface area contributed by atoms with E-state index in [0.29, 0.717) is 18.1 Å². The molecule has 0 N–H and O–H groups in total. The van der Waals surface area contributed by atoms with Crippen molar-refractivity contribution in [2.24, 2.45) is 0 Å². The second-order valence-electron chi connectivity index (χ2n) is 11.3. The molecule has 2 aromatic carbocycles. The molecule has 0 spiro atoms. The Kier molecular flexibility index (Phi) is 7.48. The van der Waals surface area contributed by atoms with E-state index in [9.17, 15) is 0 Å². The minimum atomic E-state index is 0.320. The van der Waals surface area contributed by atoms with Gasteiger partial charge in [0.25, 0.3) is 0 Å². The lowest BCUT2D eigenvalue weighted by Gasteiger charge is -2.34. The number of hydrogen-bond acceptors (Lipinski definition) is 3. The average molecular weight is 483 g/mol.